The van der Waals surface area contributed by atoms with E-state index in [9.17, 15) is 10.1 Å². The zero-order chi connectivity index (χ0) is 14.0. The molecule has 0 aliphatic rings. The predicted octanol–water partition coefficient (Wildman–Crippen LogP) is 4.79. The van der Waals surface area contributed by atoms with Crippen molar-refractivity contribution >= 4 is 34.3 Å². The molecule has 4 nitrogen and oxygen atoms in total. The van der Waals surface area contributed by atoms with Crippen molar-refractivity contribution in [3.63, 3.8) is 0 Å². The molecule has 1 atom stereocenters. The summed E-state index contributed by atoms with van der Waals surface area (Å²) in [6.07, 6.45) is 0. The normalized spacial score (nSPS) is 12.2. The van der Waals surface area contributed by atoms with Gasteiger partial charge in [-0.05, 0) is 31.5 Å². The van der Waals surface area contributed by atoms with Crippen molar-refractivity contribution in [2.75, 3.05) is 5.32 Å². The van der Waals surface area contributed by atoms with Crippen molar-refractivity contribution in [1.29, 1.82) is 0 Å². The maximum absolute atomic E-state index is 10.8. The first-order valence-corrected chi connectivity index (χ1v) is 6.93. The summed E-state index contributed by atoms with van der Waals surface area (Å²) in [4.78, 5) is 11.5. The lowest BCUT2D eigenvalue weighted by Crippen LogP contribution is -2.06. The number of non-ortho nitro benzene ring substituents is 1. The van der Waals surface area contributed by atoms with Gasteiger partial charge >= 0.3 is 0 Å². The Morgan fingerprint density at radius 1 is 1.37 bits per heavy atom. The molecule has 0 radical (unpaired) electrons. The van der Waals surface area contributed by atoms with Crippen LogP contribution >= 0.6 is 22.9 Å². The number of nitrogens with zero attached hydrogens (tertiary/aromatic N) is 1. The standard InChI is InChI=1S/C13H13ClN2O2S/c1-8-3-4-10(16(17)18)7-11(8)15-9(2)12-5-6-13(14)19-12/h3-7,9,15H,1-2H3. The zero-order valence-electron chi connectivity index (χ0n) is 10.5. The summed E-state index contributed by atoms with van der Waals surface area (Å²) in [6.45, 7) is 3.92. The molecule has 0 bridgehead atoms. The summed E-state index contributed by atoms with van der Waals surface area (Å²) >= 11 is 7.41. The van der Waals surface area contributed by atoms with Crippen LogP contribution in [0.2, 0.25) is 4.34 Å². The number of anilines is 1. The van der Waals surface area contributed by atoms with Gasteiger partial charge in [-0.2, -0.15) is 0 Å². The smallest absolute Gasteiger partial charge is 0.271 e. The van der Waals surface area contributed by atoms with Crippen LogP contribution in [-0.2, 0) is 0 Å². The van der Waals surface area contributed by atoms with Gasteiger partial charge in [0.15, 0.2) is 0 Å². The van der Waals surface area contributed by atoms with Crippen molar-refractivity contribution in [1.82, 2.24) is 0 Å². The van der Waals surface area contributed by atoms with Gasteiger partial charge in [0.05, 0.1) is 15.3 Å². The molecule has 1 N–H and O–H groups in total. The Balaban J connectivity index is 2.22. The molecule has 2 rings (SSSR count). The average Bonchev–Trinajstić information content (AvgIpc) is 2.78. The second-order valence-electron chi connectivity index (χ2n) is 4.26. The maximum atomic E-state index is 10.8. The fraction of sp³-hybridized carbons (Fsp3) is 0.231. The van der Waals surface area contributed by atoms with E-state index in [1.54, 1.807) is 12.1 Å². The zero-order valence-corrected chi connectivity index (χ0v) is 12.1. The van der Waals surface area contributed by atoms with Gasteiger partial charge in [-0.1, -0.05) is 17.7 Å². The minimum Gasteiger partial charge on any atom is -0.377 e. The van der Waals surface area contributed by atoms with Gasteiger partial charge in [-0.3, -0.25) is 10.1 Å². The highest BCUT2D eigenvalue weighted by Gasteiger charge is 2.12. The molecule has 19 heavy (non-hydrogen) atoms. The number of rotatable bonds is 4. The summed E-state index contributed by atoms with van der Waals surface area (Å²) in [5, 5.41) is 14.1. The van der Waals surface area contributed by atoms with E-state index in [4.69, 9.17) is 11.6 Å². The highest BCUT2D eigenvalue weighted by atomic mass is 35.5. The Morgan fingerprint density at radius 2 is 2.11 bits per heavy atom. The number of halogens is 1. The van der Waals surface area contributed by atoms with E-state index in [-0.39, 0.29) is 11.7 Å². The summed E-state index contributed by atoms with van der Waals surface area (Å²) in [6, 6.07) is 8.67. The lowest BCUT2D eigenvalue weighted by Gasteiger charge is -2.15. The Morgan fingerprint density at radius 3 is 2.68 bits per heavy atom. The van der Waals surface area contributed by atoms with E-state index in [2.05, 4.69) is 5.32 Å². The number of nitrogens with one attached hydrogen (secondary N) is 1. The SMILES string of the molecule is Cc1ccc([N+](=O)[O-])cc1NC(C)c1ccc(Cl)s1. The van der Waals surface area contributed by atoms with E-state index < -0.39 is 4.92 Å². The van der Waals surface area contributed by atoms with Gasteiger partial charge in [-0.15, -0.1) is 11.3 Å². The summed E-state index contributed by atoms with van der Waals surface area (Å²) in [5.74, 6) is 0. The Hall–Kier alpha value is -1.59. The van der Waals surface area contributed by atoms with E-state index in [1.165, 1.54) is 17.4 Å². The average molecular weight is 297 g/mol. The maximum Gasteiger partial charge on any atom is 0.271 e. The molecule has 0 spiro atoms. The molecule has 6 heteroatoms. The number of benzene rings is 1. The molecular weight excluding hydrogens is 284 g/mol. The van der Waals surface area contributed by atoms with Crippen molar-refractivity contribution in [3.05, 3.63) is 55.2 Å². The first-order chi connectivity index (χ1) is 8.97. The van der Waals surface area contributed by atoms with Crippen molar-refractivity contribution in [2.45, 2.75) is 19.9 Å². The fourth-order valence-corrected chi connectivity index (χ4v) is 2.81. The second-order valence-corrected chi connectivity index (χ2v) is 6.01. The van der Waals surface area contributed by atoms with Crippen LogP contribution in [-0.4, -0.2) is 4.92 Å². The fourth-order valence-electron chi connectivity index (χ4n) is 1.74. The van der Waals surface area contributed by atoms with Crippen LogP contribution in [0.4, 0.5) is 11.4 Å². The number of hydrogen-bond donors (Lipinski definition) is 1. The molecule has 1 aromatic heterocycles. The number of nitro groups is 1. The highest BCUT2D eigenvalue weighted by molar-refractivity contribution is 7.16. The molecule has 0 aliphatic carbocycles. The van der Waals surface area contributed by atoms with Gasteiger partial charge in [0, 0.05) is 22.7 Å². The van der Waals surface area contributed by atoms with Crippen molar-refractivity contribution in [3.8, 4) is 0 Å². The predicted molar refractivity (Wildman–Crippen MR) is 79.2 cm³/mol. The third kappa shape index (κ3) is 3.24. The Kier molecular flexibility index (Phi) is 4.07. The molecule has 0 saturated carbocycles. The van der Waals surface area contributed by atoms with Crippen molar-refractivity contribution < 1.29 is 4.92 Å². The Bertz CT molecular complexity index is 612. The molecule has 0 aliphatic heterocycles. The Labute approximate surface area is 120 Å². The van der Waals surface area contributed by atoms with Gasteiger partial charge < -0.3 is 5.32 Å². The topological polar surface area (TPSA) is 55.2 Å². The van der Waals surface area contributed by atoms with Crippen LogP contribution in [0.5, 0.6) is 0 Å². The minimum absolute atomic E-state index is 0.0539. The van der Waals surface area contributed by atoms with Gasteiger partial charge in [-0.25, -0.2) is 0 Å². The van der Waals surface area contributed by atoms with Crippen LogP contribution in [0.15, 0.2) is 30.3 Å². The third-order valence-electron chi connectivity index (χ3n) is 2.82. The number of aryl methyl sites for hydroxylation is 1. The molecule has 0 amide bonds. The van der Waals surface area contributed by atoms with Gasteiger partial charge in [0.1, 0.15) is 0 Å². The molecular formula is C13H13ClN2O2S. The van der Waals surface area contributed by atoms with Crippen LogP contribution in [0, 0.1) is 17.0 Å². The van der Waals surface area contributed by atoms with Crippen LogP contribution in [0.1, 0.15) is 23.4 Å². The summed E-state index contributed by atoms with van der Waals surface area (Å²) in [5.41, 5.74) is 1.83. The first kappa shape index (κ1) is 13.8. The molecule has 0 saturated heterocycles. The van der Waals surface area contributed by atoms with Gasteiger partial charge in [0.25, 0.3) is 5.69 Å². The molecule has 1 heterocycles. The number of nitro benzene ring substituents is 1. The number of thiophene rings is 1. The quantitative estimate of drug-likeness (QED) is 0.652. The van der Waals surface area contributed by atoms with E-state index in [0.29, 0.717) is 0 Å². The largest absolute Gasteiger partial charge is 0.377 e. The molecule has 2 aromatic rings. The monoisotopic (exact) mass is 296 g/mol. The molecule has 0 fully saturated rings. The molecule has 1 aromatic carbocycles. The first-order valence-electron chi connectivity index (χ1n) is 5.74. The second kappa shape index (κ2) is 5.59. The van der Waals surface area contributed by atoms with Crippen LogP contribution in [0.25, 0.3) is 0 Å². The summed E-state index contributed by atoms with van der Waals surface area (Å²) < 4.78 is 0.736. The van der Waals surface area contributed by atoms with E-state index in [1.807, 2.05) is 26.0 Å². The van der Waals surface area contributed by atoms with E-state index in [0.717, 1.165) is 20.5 Å². The van der Waals surface area contributed by atoms with Crippen LogP contribution < -0.4 is 5.32 Å². The lowest BCUT2D eigenvalue weighted by molar-refractivity contribution is -0.384. The van der Waals surface area contributed by atoms with E-state index >= 15 is 0 Å². The summed E-state index contributed by atoms with van der Waals surface area (Å²) in [7, 11) is 0. The van der Waals surface area contributed by atoms with Crippen LogP contribution in [0.3, 0.4) is 0 Å². The molecule has 100 valence electrons. The van der Waals surface area contributed by atoms with Gasteiger partial charge in [0.2, 0.25) is 0 Å². The number of hydrogen-bond acceptors (Lipinski definition) is 4. The van der Waals surface area contributed by atoms with Crippen molar-refractivity contribution in [2.24, 2.45) is 0 Å². The minimum atomic E-state index is -0.392. The molecule has 1 unspecified atom stereocenters. The highest BCUT2D eigenvalue weighted by Crippen LogP contribution is 2.31. The third-order valence-corrected chi connectivity index (χ3v) is 4.24. The lowest BCUT2D eigenvalue weighted by atomic mass is 10.1.